The zero-order valence-electron chi connectivity index (χ0n) is 24.5. The number of aromatic nitrogens is 1. The molecule has 0 aliphatic carbocycles. The predicted octanol–water partition coefficient (Wildman–Crippen LogP) is 4.82. The minimum atomic E-state index is -4.78. The van der Waals surface area contributed by atoms with Gasteiger partial charge in [0.2, 0.25) is 10.0 Å². The molecule has 0 aliphatic rings. The summed E-state index contributed by atoms with van der Waals surface area (Å²) >= 11 is 0. The van der Waals surface area contributed by atoms with Crippen LogP contribution in [0.15, 0.2) is 59.8 Å². The topological polar surface area (TPSA) is 112 Å². The Bertz CT molecular complexity index is 1550. The van der Waals surface area contributed by atoms with Gasteiger partial charge in [-0.25, -0.2) is 21.6 Å². The highest BCUT2D eigenvalue weighted by molar-refractivity contribution is 7.89. The molecule has 1 aromatic heterocycles. The number of benzene rings is 2. The van der Waals surface area contributed by atoms with E-state index in [0.29, 0.717) is 25.0 Å². The first-order valence-corrected chi connectivity index (χ1v) is 15.5. The Labute approximate surface area is 257 Å². The molecule has 0 unspecified atom stereocenters. The number of hydrogen-bond donors (Lipinski definition) is 3. The standard InChI is InChI=1S/C30H34F6N4O4S/c1-3-5-40(6-4-2)45(43,44)26-12-21(16-38-17-26)29(42)39-27(11-19-8-24(32)14-25(33)9-19)28(41)18-37-15-20-7-22(30(34,35)36)13-23(31)10-20/h7-10,12-14,16-17,27-28,37,41H,3-6,11,15,18H2,1-2H3,(H,39,42)/t27-,28+/m0/s1. The maximum atomic E-state index is 13.9. The average molecular weight is 661 g/mol. The van der Waals surface area contributed by atoms with E-state index < -0.39 is 57.3 Å². The number of rotatable bonds is 15. The Hall–Kier alpha value is -3.53. The normalized spacial score (nSPS) is 13.6. The second kappa shape index (κ2) is 15.7. The van der Waals surface area contributed by atoms with Gasteiger partial charge in [0.05, 0.1) is 23.3 Å². The van der Waals surface area contributed by atoms with Gasteiger partial charge in [-0.3, -0.25) is 9.78 Å². The van der Waals surface area contributed by atoms with Gasteiger partial charge in [0.1, 0.15) is 22.3 Å². The van der Waals surface area contributed by atoms with Crippen LogP contribution in [0.3, 0.4) is 0 Å². The van der Waals surface area contributed by atoms with Crippen LogP contribution in [0.2, 0.25) is 0 Å². The minimum absolute atomic E-state index is 0.0633. The van der Waals surface area contributed by atoms with Gasteiger partial charge in [-0.15, -0.1) is 0 Å². The number of sulfonamides is 1. The maximum absolute atomic E-state index is 13.9. The fourth-order valence-electron chi connectivity index (χ4n) is 4.62. The number of nitrogens with zero attached hydrogens (tertiary/aromatic N) is 2. The number of aliphatic hydroxyl groups is 1. The minimum Gasteiger partial charge on any atom is -0.390 e. The molecule has 0 fully saturated rings. The van der Waals surface area contributed by atoms with Crippen molar-refractivity contribution in [2.24, 2.45) is 0 Å². The van der Waals surface area contributed by atoms with Crippen molar-refractivity contribution in [2.75, 3.05) is 19.6 Å². The predicted molar refractivity (Wildman–Crippen MR) is 154 cm³/mol. The Morgan fingerprint density at radius 1 is 0.911 bits per heavy atom. The Morgan fingerprint density at radius 3 is 2.11 bits per heavy atom. The molecule has 0 spiro atoms. The van der Waals surface area contributed by atoms with Crippen LogP contribution in [0.5, 0.6) is 0 Å². The lowest BCUT2D eigenvalue weighted by Gasteiger charge is -2.25. The lowest BCUT2D eigenvalue weighted by atomic mass is 10.00. The fraction of sp³-hybridized carbons (Fsp3) is 0.400. The molecule has 0 radical (unpaired) electrons. The number of hydrogen-bond acceptors (Lipinski definition) is 6. The van der Waals surface area contributed by atoms with Gasteiger partial charge in [0, 0.05) is 44.6 Å². The summed E-state index contributed by atoms with van der Waals surface area (Å²) < 4.78 is 108. The van der Waals surface area contributed by atoms with E-state index in [0.717, 1.165) is 42.7 Å². The van der Waals surface area contributed by atoms with E-state index in [1.165, 1.54) is 4.31 Å². The quantitative estimate of drug-likeness (QED) is 0.202. The number of nitrogens with one attached hydrogen (secondary N) is 2. The molecule has 2 atom stereocenters. The van der Waals surface area contributed by atoms with Crippen molar-refractivity contribution in [3.8, 4) is 0 Å². The summed E-state index contributed by atoms with van der Waals surface area (Å²) in [6.45, 7) is 3.53. The number of alkyl halides is 3. The van der Waals surface area contributed by atoms with Crippen LogP contribution in [-0.2, 0) is 29.2 Å². The molecule has 0 saturated carbocycles. The zero-order valence-corrected chi connectivity index (χ0v) is 25.4. The van der Waals surface area contributed by atoms with Crippen molar-refractivity contribution in [2.45, 2.75) is 62.9 Å². The molecule has 8 nitrogen and oxygen atoms in total. The Kier molecular flexibility index (Phi) is 12.5. The van der Waals surface area contributed by atoms with E-state index in [1.54, 1.807) is 0 Å². The third kappa shape index (κ3) is 10.2. The molecule has 3 rings (SSSR count). The van der Waals surface area contributed by atoms with Gasteiger partial charge >= 0.3 is 6.18 Å². The van der Waals surface area contributed by atoms with Crippen LogP contribution in [-0.4, -0.2) is 60.5 Å². The number of aliphatic hydroxyl groups excluding tert-OH is 1. The Balaban J connectivity index is 1.82. The summed E-state index contributed by atoms with van der Waals surface area (Å²) in [7, 11) is -3.99. The van der Waals surface area contributed by atoms with Gasteiger partial charge in [-0.2, -0.15) is 17.5 Å². The molecule has 1 heterocycles. The van der Waals surface area contributed by atoms with Crippen LogP contribution >= 0.6 is 0 Å². The molecule has 0 aliphatic heterocycles. The molecular formula is C30H34F6N4O4S. The van der Waals surface area contributed by atoms with Crippen molar-refractivity contribution in [1.29, 1.82) is 0 Å². The monoisotopic (exact) mass is 660 g/mol. The molecular weight excluding hydrogens is 626 g/mol. The first-order valence-electron chi connectivity index (χ1n) is 14.1. The summed E-state index contributed by atoms with van der Waals surface area (Å²) in [6, 6.07) is 4.52. The van der Waals surface area contributed by atoms with Gasteiger partial charge in [0.25, 0.3) is 5.91 Å². The summed E-state index contributed by atoms with van der Waals surface area (Å²) in [5, 5.41) is 16.2. The molecule has 1 amide bonds. The lowest BCUT2D eigenvalue weighted by molar-refractivity contribution is -0.137. The first kappa shape index (κ1) is 35.9. The Morgan fingerprint density at radius 2 is 1.51 bits per heavy atom. The number of carbonyl (C=O) groups is 1. The van der Waals surface area contributed by atoms with Crippen LogP contribution in [0, 0.1) is 17.5 Å². The molecule has 0 bridgehead atoms. The van der Waals surface area contributed by atoms with Gasteiger partial charge in [-0.1, -0.05) is 13.8 Å². The molecule has 246 valence electrons. The first-order chi connectivity index (χ1) is 21.1. The van der Waals surface area contributed by atoms with E-state index >= 15 is 0 Å². The zero-order chi connectivity index (χ0) is 33.4. The SMILES string of the molecule is CCCN(CCC)S(=O)(=O)c1cncc(C(=O)N[C@@H](Cc2cc(F)cc(F)c2)[C@H](O)CNCc2cc(F)cc(C(F)(F)F)c2)c1. The third-order valence-corrected chi connectivity index (χ3v) is 8.55. The van der Waals surface area contributed by atoms with Crippen molar-refractivity contribution < 1.29 is 44.7 Å². The number of amides is 1. The third-order valence-electron chi connectivity index (χ3n) is 6.69. The highest BCUT2D eigenvalue weighted by atomic mass is 32.2. The highest BCUT2D eigenvalue weighted by Gasteiger charge is 2.31. The van der Waals surface area contributed by atoms with E-state index in [2.05, 4.69) is 15.6 Å². The molecule has 0 saturated heterocycles. The second-order valence-electron chi connectivity index (χ2n) is 10.4. The van der Waals surface area contributed by atoms with E-state index in [1.807, 2.05) is 13.8 Å². The lowest BCUT2D eigenvalue weighted by Crippen LogP contribution is -2.48. The summed E-state index contributed by atoms with van der Waals surface area (Å²) in [5.41, 5.74) is -1.35. The smallest absolute Gasteiger partial charge is 0.390 e. The van der Waals surface area contributed by atoms with Crippen LogP contribution in [0.25, 0.3) is 0 Å². The van der Waals surface area contributed by atoms with Crippen molar-refractivity contribution in [3.05, 3.63) is 94.6 Å². The average Bonchev–Trinajstić information content (AvgIpc) is 2.95. The highest BCUT2D eigenvalue weighted by Crippen LogP contribution is 2.30. The van der Waals surface area contributed by atoms with Crippen molar-refractivity contribution >= 4 is 15.9 Å². The van der Waals surface area contributed by atoms with Crippen LogP contribution in [0.1, 0.15) is 53.7 Å². The molecule has 3 N–H and O–H groups in total. The van der Waals surface area contributed by atoms with E-state index in [4.69, 9.17) is 0 Å². The second-order valence-corrected chi connectivity index (χ2v) is 12.4. The van der Waals surface area contributed by atoms with E-state index in [9.17, 15) is 44.7 Å². The number of carbonyl (C=O) groups excluding carboxylic acids is 1. The molecule has 45 heavy (non-hydrogen) atoms. The largest absolute Gasteiger partial charge is 0.416 e. The van der Waals surface area contributed by atoms with E-state index in [-0.39, 0.29) is 54.2 Å². The van der Waals surface area contributed by atoms with Gasteiger partial charge in [-0.05, 0) is 66.8 Å². The fourth-order valence-corrected chi connectivity index (χ4v) is 6.24. The molecule has 15 heteroatoms. The van der Waals surface area contributed by atoms with Gasteiger partial charge in [0.15, 0.2) is 0 Å². The molecule has 2 aromatic carbocycles. The maximum Gasteiger partial charge on any atom is 0.416 e. The summed E-state index contributed by atoms with van der Waals surface area (Å²) in [5.74, 6) is -3.76. The van der Waals surface area contributed by atoms with Crippen LogP contribution < -0.4 is 10.6 Å². The van der Waals surface area contributed by atoms with Crippen LogP contribution in [0.4, 0.5) is 26.3 Å². The number of pyridine rings is 1. The number of halogens is 6. The van der Waals surface area contributed by atoms with Crippen molar-refractivity contribution in [3.63, 3.8) is 0 Å². The van der Waals surface area contributed by atoms with Crippen molar-refractivity contribution in [1.82, 2.24) is 19.9 Å². The van der Waals surface area contributed by atoms with Gasteiger partial charge < -0.3 is 15.7 Å². The summed E-state index contributed by atoms with van der Waals surface area (Å²) in [6.07, 6.45) is -3.19. The summed E-state index contributed by atoms with van der Waals surface area (Å²) in [4.78, 5) is 16.9. The molecule has 3 aromatic rings.